The first-order valence-electron chi connectivity index (χ1n) is 7.36. The Kier molecular flexibility index (Phi) is 4.98. The molecule has 0 aliphatic heterocycles. The van der Waals surface area contributed by atoms with Crippen molar-refractivity contribution in [3.05, 3.63) is 15.6 Å². The largest absolute Gasteiger partial charge is 0.481 e. The van der Waals surface area contributed by atoms with E-state index in [1.54, 1.807) is 25.2 Å². The Hall–Kier alpha value is -1.43. The Labute approximate surface area is 128 Å². The first kappa shape index (κ1) is 15.9. The first-order chi connectivity index (χ1) is 9.88. The number of amides is 1. The number of nitrogens with one attached hydrogen (secondary N) is 1. The van der Waals surface area contributed by atoms with E-state index in [1.165, 1.54) is 23.4 Å². The van der Waals surface area contributed by atoms with E-state index in [2.05, 4.69) is 10.3 Å². The number of aliphatic carboxylic acids is 1. The van der Waals surface area contributed by atoms with E-state index in [9.17, 15) is 9.59 Å². The monoisotopic (exact) mass is 310 g/mol. The number of aryl methyl sites for hydroxylation is 2. The smallest absolute Gasteiger partial charge is 0.309 e. The summed E-state index contributed by atoms with van der Waals surface area (Å²) >= 11 is 1.75. The van der Waals surface area contributed by atoms with Crippen molar-refractivity contribution in [3.63, 3.8) is 0 Å². The molecule has 1 aliphatic rings. The van der Waals surface area contributed by atoms with Crippen molar-refractivity contribution >= 4 is 23.2 Å². The summed E-state index contributed by atoms with van der Waals surface area (Å²) in [5.41, 5.74) is 0.212. The van der Waals surface area contributed by atoms with Crippen LogP contribution in [0.3, 0.4) is 0 Å². The highest BCUT2D eigenvalue weighted by Gasteiger charge is 2.29. The van der Waals surface area contributed by atoms with Crippen LogP contribution in [0.25, 0.3) is 0 Å². The van der Waals surface area contributed by atoms with E-state index >= 15 is 0 Å². The summed E-state index contributed by atoms with van der Waals surface area (Å²) < 4.78 is 0. The molecule has 1 heterocycles. The molecule has 1 aromatic rings. The SMILES string of the molecule is CC(C)(CC(=O)NCCc1nc2c(s1)CCCC2)C(=O)O. The molecular formula is C15H22N2O3S. The van der Waals surface area contributed by atoms with Gasteiger partial charge in [0.05, 0.1) is 16.1 Å². The zero-order valence-electron chi connectivity index (χ0n) is 12.6. The minimum absolute atomic E-state index is 0.00327. The molecule has 116 valence electrons. The van der Waals surface area contributed by atoms with Crippen molar-refractivity contribution in [1.29, 1.82) is 0 Å². The Morgan fingerprint density at radius 3 is 2.71 bits per heavy atom. The third-order valence-corrected chi connectivity index (χ3v) is 4.95. The van der Waals surface area contributed by atoms with Gasteiger partial charge in [0.2, 0.25) is 5.91 Å². The van der Waals surface area contributed by atoms with E-state index in [4.69, 9.17) is 5.11 Å². The second-order valence-electron chi connectivity index (χ2n) is 6.15. The maximum absolute atomic E-state index is 11.8. The molecule has 0 fully saturated rings. The van der Waals surface area contributed by atoms with Gasteiger partial charge in [-0.15, -0.1) is 11.3 Å². The van der Waals surface area contributed by atoms with E-state index in [-0.39, 0.29) is 12.3 Å². The van der Waals surface area contributed by atoms with Crippen LogP contribution >= 0.6 is 11.3 Å². The highest BCUT2D eigenvalue weighted by Crippen LogP contribution is 2.26. The Balaban J connectivity index is 1.78. The van der Waals surface area contributed by atoms with Crippen molar-refractivity contribution in [2.24, 2.45) is 5.41 Å². The van der Waals surface area contributed by atoms with E-state index in [0.29, 0.717) is 6.54 Å². The van der Waals surface area contributed by atoms with Crippen molar-refractivity contribution in [2.75, 3.05) is 6.54 Å². The summed E-state index contributed by atoms with van der Waals surface area (Å²) in [6.45, 7) is 3.63. The number of nitrogens with zero attached hydrogens (tertiary/aromatic N) is 1. The van der Waals surface area contributed by atoms with Crippen LogP contribution in [0, 0.1) is 5.41 Å². The van der Waals surface area contributed by atoms with Gasteiger partial charge in [0, 0.05) is 24.3 Å². The number of hydrogen-bond acceptors (Lipinski definition) is 4. The first-order valence-corrected chi connectivity index (χ1v) is 8.18. The summed E-state index contributed by atoms with van der Waals surface area (Å²) in [7, 11) is 0. The van der Waals surface area contributed by atoms with Crippen LogP contribution in [0.4, 0.5) is 0 Å². The number of aromatic nitrogens is 1. The lowest BCUT2D eigenvalue weighted by atomic mass is 9.89. The molecule has 21 heavy (non-hydrogen) atoms. The lowest BCUT2D eigenvalue weighted by Gasteiger charge is -2.17. The molecule has 0 unspecified atom stereocenters. The average Bonchev–Trinajstić information content (AvgIpc) is 2.80. The third kappa shape index (κ3) is 4.27. The van der Waals surface area contributed by atoms with Crippen LogP contribution in [-0.4, -0.2) is 28.5 Å². The minimum atomic E-state index is -1.02. The lowest BCUT2D eigenvalue weighted by molar-refractivity contribution is -0.149. The average molecular weight is 310 g/mol. The quantitative estimate of drug-likeness (QED) is 0.844. The molecule has 0 radical (unpaired) electrons. The van der Waals surface area contributed by atoms with Crippen LogP contribution < -0.4 is 5.32 Å². The van der Waals surface area contributed by atoms with Crippen LogP contribution in [0.5, 0.6) is 0 Å². The number of carbonyl (C=O) groups excluding carboxylic acids is 1. The summed E-state index contributed by atoms with van der Waals surface area (Å²) in [6, 6.07) is 0. The fourth-order valence-electron chi connectivity index (χ4n) is 2.36. The molecule has 1 amide bonds. The van der Waals surface area contributed by atoms with Gasteiger partial charge in [0.1, 0.15) is 0 Å². The van der Waals surface area contributed by atoms with E-state index in [1.807, 2.05) is 0 Å². The highest BCUT2D eigenvalue weighted by atomic mass is 32.1. The normalized spacial score (nSPS) is 14.6. The number of carboxylic acid groups (broad SMARTS) is 1. The molecule has 0 bridgehead atoms. The van der Waals surface area contributed by atoms with Crippen molar-refractivity contribution in [1.82, 2.24) is 10.3 Å². The maximum Gasteiger partial charge on any atom is 0.309 e. The van der Waals surface area contributed by atoms with E-state index in [0.717, 1.165) is 24.3 Å². The van der Waals surface area contributed by atoms with Crippen LogP contribution in [0.1, 0.15) is 48.7 Å². The van der Waals surface area contributed by atoms with Crippen LogP contribution in [0.15, 0.2) is 0 Å². The fourth-order valence-corrected chi connectivity index (χ4v) is 3.52. The molecule has 2 rings (SSSR count). The van der Waals surface area contributed by atoms with Gasteiger partial charge in [-0.2, -0.15) is 0 Å². The zero-order chi connectivity index (χ0) is 15.5. The van der Waals surface area contributed by atoms with Gasteiger partial charge in [0.25, 0.3) is 0 Å². The number of fused-ring (bicyclic) bond motifs is 1. The van der Waals surface area contributed by atoms with Crippen molar-refractivity contribution in [2.45, 2.75) is 52.4 Å². The summed E-state index contributed by atoms with van der Waals surface area (Å²) in [4.78, 5) is 28.8. The van der Waals surface area contributed by atoms with Gasteiger partial charge in [-0.25, -0.2) is 4.98 Å². The number of carbonyl (C=O) groups is 2. The van der Waals surface area contributed by atoms with Gasteiger partial charge in [-0.3, -0.25) is 9.59 Å². The summed E-state index contributed by atoms with van der Waals surface area (Å²) in [6.07, 6.45) is 5.39. The van der Waals surface area contributed by atoms with Gasteiger partial charge in [-0.05, 0) is 39.5 Å². The van der Waals surface area contributed by atoms with Gasteiger partial charge >= 0.3 is 5.97 Å². The molecule has 0 saturated carbocycles. The Bertz CT molecular complexity index is 514. The highest BCUT2D eigenvalue weighted by molar-refractivity contribution is 7.11. The minimum Gasteiger partial charge on any atom is -0.481 e. The Morgan fingerprint density at radius 2 is 2.05 bits per heavy atom. The third-order valence-electron chi connectivity index (χ3n) is 3.73. The molecule has 0 atom stereocenters. The molecule has 0 saturated heterocycles. The lowest BCUT2D eigenvalue weighted by Crippen LogP contribution is -2.34. The molecule has 1 aliphatic carbocycles. The predicted octanol–water partition coefficient (Wildman–Crippen LogP) is 2.18. The topological polar surface area (TPSA) is 79.3 Å². The molecular weight excluding hydrogens is 288 g/mol. The van der Waals surface area contributed by atoms with Crippen molar-refractivity contribution < 1.29 is 14.7 Å². The molecule has 1 aromatic heterocycles. The molecule has 0 spiro atoms. The number of rotatable bonds is 6. The van der Waals surface area contributed by atoms with Crippen LogP contribution in [0.2, 0.25) is 0 Å². The van der Waals surface area contributed by atoms with E-state index < -0.39 is 11.4 Å². The molecule has 6 heteroatoms. The predicted molar refractivity (Wildman–Crippen MR) is 81.5 cm³/mol. The zero-order valence-corrected chi connectivity index (χ0v) is 13.4. The Morgan fingerprint density at radius 1 is 1.33 bits per heavy atom. The molecule has 0 aromatic carbocycles. The standard InChI is InChI=1S/C15H22N2O3S/c1-15(2,14(19)20)9-12(18)16-8-7-13-17-10-5-3-4-6-11(10)21-13/h3-9H2,1-2H3,(H,16,18)(H,19,20). The maximum atomic E-state index is 11.8. The number of carboxylic acids is 1. The molecule has 2 N–H and O–H groups in total. The fraction of sp³-hybridized carbons (Fsp3) is 0.667. The number of thiazole rings is 1. The summed E-state index contributed by atoms with van der Waals surface area (Å²) in [5, 5.41) is 12.9. The summed E-state index contributed by atoms with van der Waals surface area (Å²) in [5.74, 6) is -1.17. The molecule has 5 nitrogen and oxygen atoms in total. The second kappa shape index (κ2) is 6.56. The van der Waals surface area contributed by atoms with Gasteiger partial charge in [0.15, 0.2) is 0 Å². The second-order valence-corrected chi connectivity index (χ2v) is 7.32. The van der Waals surface area contributed by atoms with Gasteiger partial charge < -0.3 is 10.4 Å². The number of hydrogen-bond donors (Lipinski definition) is 2. The van der Waals surface area contributed by atoms with Crippen LogP contribution in [-0.2, 0) is 28.9 Å². The van der Waals surface area contributed by atoms with Crippen molar-refractivity contribution in [3.8, 4) is 0 Å². The van der Waals surface area contributed by atoms with Gasteiger partial charge in [-0.1, -0.05) is 0 Å².